The number of rotatable bonds is 4. The monoisotopic (exact) mass is 178 g/mol. The van der Waals surface area contributed by atoms with Gasteiger partial charge in [-0.25, -0.2) is 0 Å². The number of Topliss-reactive ketones (excluding diaryl/α,β-unsaturated/α-hetero) is 1. The maximum Gasteiger partial charge on any atom is 0.129 e. The molecule has 0 atom stereocenters. The highest BCUT2D eigenvalue weighted by atomic mass is 16.3. The second-order valence-corrected chi connectivity index (χ2v) is 3.18. The number of aryl methyl sites for hydroxylation is 1. The Morgan fingerprint density at radius 1 is 1.38 bits per heavy atom. The third-order valence-electron chi connectivity index (χ3n) is 1.97. The summed E-state index contributed by atoms with van der Waals surface area (Å²) in [4.78, 5) is 10.7. The molecule has 0 amide bonds. The van der Waals surface area contributed by atoms with Gasteiger partial charge in [-0.2, -0.15) is 0 Å². The molecule has 0 bridgehead atoms. The van der Waals surface area contributed by atoms with Crippen LogP contribution in [-0.2, 0) is 11.2 Å². The first-order chi connectivity index (χ1) is 6.20. The van der Waals surface area contributed by atoms with Gasteiger partial charge in [0.2, 0.25) is 0 Å². The maximum absolute atomic E-state index is 10.7. The quantitative estimate of drug-likeness (QED) is 0.768. The molecule has 0 heterocycles. The van der Waals surface area contributed by atoms with E-state index in [1.54, 1.807) is 19.1 Å². The molecule has 0 aromatic heterocycles. The van der Waals surface area contributed by atoms with E-state index in [0.29, 0.717) is 12.2 Å². The Kier molecular flexibility index (Phi) is 3.50. The summed E-state index contributed by atoms with van der Waals surface area (Å²) in [6.45, 7) is 1.59. The first-order valence-electron chi connectivity index (χ1n) is 4.46. The Bertz CT molecular complexity index is 292. The van der Waals surface area contributed by atoms with E-state index in [-0.39, 0.29) is 5.78 Å². The van der Waals surface area contributed by atoms with Crippen LogP contribution in [0, 0.1) is 0 Å². The Labute approximate surface area is 78.2 Å². The molecule has 1 aromatic rings. The Morgan fingerprint density at radius 2 is 2.08 bits per heavy atom. The summed E-state index contributed by atoms with van der Waals surface area (Å²) < 4.78 is 0. The fourth-order valence-corrected chi connectivity index (χ4v) is 1.25. The summed E-state index contributed by atoms with van der Waals surface area (Å²) in [7, 11) is 0. The topological polar surface area (TPSA) is 37.3 Å². The zero-order valence-electron chi connectivity index (χ0n) is 7.79. The van der Waals surface area contributed by atoms with Crippen LogP contribution in [0.4, 0.5) is 0 Å². The van der Waals surface area contributed by atoms with Crippen LogP contribution in [0.2, 0.25) is 0 Å². The van der Waals surface area contributed by atoms with Gasteiger partial charge in [0.15, 0.2) is 0 Å². The fourth-order valence-electron chi connectivity index (χ4n) is 1.25. The van der Waals surface area contributed by atoms with Gasteiger partial charge in [-0.15, -0.1) is 0 Å². The summed E-state index contributed by atoms with van der Waals surface area (Å²) in [6.07, 6.45) is 2.17. The van der Waals surface area contributed by atoms with E-state index >= 15 is 0 Å². The van der Waals surface area contributed by atoms with Gasteiger partial charge in [-0.05, 0) is 31.4 Å². The number of benzene rings is 1. The Balaban J connectivity index is 2.45. The van der Waals surface area contributed by atoms with Gasteiger partial charge < -0.3 is 9.90 Å². The van der Waals surface area contributed by atoms with E-state index in [1.807, 2.05) is 12.1 Å². The molecule has 1 N–H and O–H groups in total. The lowest BCUT2D eigenvalue weighted by molar-refractivity contribution is -0.117. The molecule has 0 aliphatic heterocycles. The highest BCUT2D eigenvalue weighted by Crippen LogP contribution is 2.17. The minimum Gasteiger partial charge on any atom is -0.508 e. The molecule has 0 saturated heterocycles. The highest BCUT2D eigenvalue weighted by Gasteiger charge is 2.00. The number of aromatic hydroxyl groups is 1. The van der Waals surface area contributed by atoms with Gasteiger partial charge in [-0.1, -0.05) is 18.2 Å². The maximum atomic E-state index is 10.7. The number of hydrogen-bond acceptors (Lipinski definition) is 2. The molecule has 0 fully saturated rings. The molecule has 0 radical (unpaired) electrons. The van der Waals surface area contributed by atoms with E-state index in [1.165, 1.54) is 0 Å². The normalized spacial score (nSPS) is 9.92. The summed E-state index contributed by atoms with van der Waals surface area (Å²) >= 11 is 0. The van der Waals surface area contributed by atoms with Crippen LogP contribution in [0.3, 0.4) is 0 Å². The molecule has 1 rings (SSSR count). The second-order valence-electron chi connectivity index (χ2n) is 3.18. The fraction of sp³-hybridized carbons (Fsp3) is 0.364. The van der Waals surface area contributed by atoms with Gasteiger partial charge >= 0.3 is 0 Å². The summed E-state index contributed by atoms with van der Waals surface area (Å²) in [5, 5.41) is 9.39. The van der Waals surface area contributed by atoms with E-state index in [2.05, 4.69) is 0 Å². The minimum atomic E-state index is 0.204. The van der Waals surface area contributed by atoms with Crippen LogP contribution in [0.25, 0.3) is 0 Å². The number of carbonyl (C=O) groups excluding carboxylic acids is 1. The number of phenols is 1. The third kappa shape index (κ3) is 3.28. The van der Waals surface area contributed by atoms with Crippen LogP contribution in [0.1, 0.15) is 25.3 Å². The highest BCUT2D eigenvalue weighted by molar-refractivity contribution is 5.75. The average Bonchev–Trinajstić information content (AvgIpc) is 2.08. The van der Waals surface area contributed by atoms with Gasteiger partial charge in [0.25, 0.3) is 0 Å². The lowest BCUT2D eigenvalue weighted by Crippen LogP contribution is -1.92. The zero-order chi connectivity index (χ0) is 9.68. The van der Waals surface area contributed by atoms with Crippen molar-refractivity contribution in [3.05, 3.63) is 29.8 Å². The SMILES string of the molecule is CC(=O)CCCc1ccccc1O. The van der Waals surface area contributed by atoms with Crippen molar-refractivity contribution in [1.82, 2.24) is 0 Å². The number of para-hydroxylation sites is 1. The lowest BCUT2D eigenvalue weighted by atomic mass is 10.1. The molecule has 0 saturated carbocycles. The lowest BCUT2D eigenvalue weighted by Gasteiger charge is -2.02. The molecule has 2 nitrogen and oxygen atoms in total. The van der Waals surface area contributed by atoms with Crippen molar-refractivity contribution in [1.29, 1.82) is 0 Å². The number of phenolic OH excluding ortho intramolecular Hbond substituents is 1. The molecule has 0 unspecified atom stereocenters. The molecule has 0 aliphatic rings. The molecule has 13 heavy (non-hydrogen) atoms. The van der Waals surface area contributed by atoms with Crippen molar-refractivity contribution in [2.75, 3.05) is 0 Å². The Hall–Kier alpha value is -1.31. The van der Waals surface area contributed by atoms with Crippen molar-refractivity contribution in [3.8, 4) is 5.75 Å². The minimum absolute atomic E-state index is 0.204. The van der Waals surface area contributed by atoms with Crippen LogP contribution >= 0.6 is 0 Å². The molecular formula is C11H14O2. The van der Waals surface area contributed by atoms with Crippen molar-refractivity contribution in [2.45, 2.75) is 26.2 Å². The van der Waals surface area contributed by atoms with Crippen molar-refractivity contribution < 1.29 is 9.90 Å². The molecule has 0 aliphatic carbocycles. The zero-order valence-corrected chi connectivity index (χ0v) is 7.79. The number of carbonyl (C=O) groups is 1. The summed E-state index contributed by atoms with van der Waals surface area (Å²) in [5.41, 5.74) is 0.920. The molecule has 1 aromatic carbocycles. The molecule has 0 spiro atoms. The van der Waals surface area contributed by atoms with Gasteiger partial charge in [-0.3, -0.25) is 0 Å². The number of hydrogen-bond donors (Lipinski definition) is 1. The van der Waals surface area contributed by atoms with E-state index < -0.39 is 0 Å². The van der Waals surface area contributed by atoms with Crippen LogP contribution in [-0.4, -0.2) is 10.9 Å². The van der Waals surface area contributed by atoms with Crippen LogP contribution < -0.4 is 0 Å². The van der Waals surface area contributed by atoms with E-state index in [4.69, 9.17) is 0 Å². The summed E-state index contributed by atoms with van der Waals surface area (Å²) in [6, 6.07) is 7.24. The smallest absolute Gasteiger partial charge is 0.129 e. The second kappa shape index (κ2) is 4.65. The predicted molar refractivity (Wildman–Crippen MR) is 51.7 cm³/mol. The van der Waals surface area contributed by atoms with Gasteiger partial charge in [0, 0.05) is 6.42 Å². The molecular weight excluding hydrogens is 164 g/mol. The molecule has 2 heteroatoms. The van der Waals surface area contributed by atoms with Crippen LogP contribution in [0.15, 0.2) is 24.3 Å². The average molecular weight is 178 g/mol. The van der Waals surface area contributed by atoms with Gasteiger partial charge in [0.1, 0.15) is 11.5 Å². The Morgan fingerprint density at radius 3 is 2.69 bits per heavy atom. The van der Waals surface area contributed by atoms with E-state index in [0.717, 1.165) is 18.4 Å². The predicted octanol–water partition coefficient (Wildman–Crippen LogP) is 2.30. The standard InChI is InChI=1S/C11H14O2/c1-9(12)5-4-7-10-6-2-3-8-11(10)13/h2-3,6,8,13H,4-5,7H2,1H3. The third-order valence-corrected chi connectivity index (χ3v) is 1.97. The van der Waals surface area contributed by atoms with Gasteiger partial charge in [0.05, 0.1) is 0 Å². The molecule has 70 valence electrons. The van der Waals surface area contributed by atoms with Crippen LogP contribution in [0.5, 0.6) is 5.75 Å². The first-order valence-corrected chi connectivity index (χ1v) is 4.46. The van der Waals surface area contributed by atoms with E-state index in [9.17, 15) is 9.90 Å². The number of ketones is 1. The summed E-state index contributed by atoms with van der Waals surface area (Å²) in [5.74, 6) is 0.529. The van der Waals surface area contributed by atoms with Crippen molar-refractivity contribution >= 4 is 5.78 Å². The largest absolute Gasteiger partial charge is 0.508 e. The van der Waals surface area contributed by atoms with Crippen molar-refractivity contribution in [3.63, 3.8) is 0 Å². The first kappa shape index (κ1) is 9.78. The van der Waals surface area contributed by atoms with Crippen molar-refractivity contribution in [2.24, 2.45) is 0 Å².